The van der Waals surface area contributed by atoms with E-state index in [0.29, 0.717) is 15.5 Å². The Bertz CT molecular complexity index is 698. The number of hydrogen-bond acceptors (Lipinski definition) is 2. The van der Waals surface area contributed by atoms with Crippen LogP contribution in [0.25, 0.3) is 21.5 Å². The Morgan fingerprint density at radius 1 is 0.889 bits per heavy atom. The summed E-state index contributed by atoms with van der Waals surface area (Å²) in [6.45, 7) is 0. The fourth-order valence-electron chi connectivity index (χ4n) is 2.34. The zero-order chi connectivity index (χ0) is 12.5. The molecular formula is C15H12OSSi. The molecule has 3 rings (SSSR count). The Hall–Kier alpha value is -1.71. The van der Waals surface area contributed by atoms with Crippen LogP contribution in [0.2, 0.25) is 0 Å². The molecule has 0 saturated heterocycles. The molecule has 3 heteroatoms. The van der Waals surface area contributed by atoms with Gasteiger partial charge in [-0.3, -0.25) is 0 Å². The zero-order valence-corrected chi connectivity index (χ0v) is 12.8. The molecule has 0 bridgehead atoms. The largest absolute Gasteiger partial charge is 0.545 e. The van der Waals surface area contributed by atoms with E-state index in [4.69, 9.17) is 16.6 Å². The number of thiocarbonyl (C=S) groups is 1. The first-order chi connectivity index (χ1) is 8.81. The summed E-state index contributed by atoms with van der Waals surface area (Å²) < 4.78 is 5.42. The van der Waals surface area contributed by atoms with E-state index in [9.17, 15) is 0 Å². The molecule has 0 atom stereocenters. The highest BCUT2D eigenvalue weighted by molar-refractivity contribution is 7.80. The van der Waals surface area contributed by atoms with Crippen LogP contribution >= 0.6 is 12.2 Å². The van der Waals surface area contributed by atoms with Crippen molar-refractivity contribution in [3.8, 4) is 0 Å². The monoisotopic (exact) mass is 268 g/mol. The van der Waals surface area contributed by atoms with Crippen molar-refractivity contribution in [2.24, 2.45) is 0 Å². The van der Waals surface area contributed by atoms with Gasteiger partial charge in [0.25, 0.3) is 0 Å². The topological polar surface area (TPSA) is 9.23 Å². The molecule has 18 heavy (non-hydrogen) atoms. The van der Waals surface area contributed by atoms with Crippen LogP contribution in [-0.4, -0.2) is 15.5 Å². The first kappa shape index (κ1) is 11.4. The van der Waals surface area contributed by atoms with Crippen LogP contribution < -0.4 is 0 Å². The Labute approximate surface area is 114 Å². The van der Waals surface area contributed by atoms with E-state index < -0.39 is 0 Å². The SMILES string of the molecule is [SiH3]OC(=S)c1c2ccccc2cc2ccccc12. The molecule has 0 amide bonds. The predicted molar refractivity (Wildman–Crippen MR) is 84.2 cm³/mol. The molecule has 3 aromatic carbocycles. The molecule has 3 aromatic rings. The van der Waals surface area contributed by atoms with Crippen molar-refractivity contribution in [2.75, 3.05) is 0 Å². The molecule has 0 N–H and O–H groups in total. The maximum atomic E-state index is 5.42. The minimum Gasteiger partial charge on any atom is -0.545 e. The van der Waals surface area contributed by atoms with E-state index >= 15 is 0 Å². The van der Waals surface area contributed by atoms with Crippen LogP contribution in [0.1, 0.15) is 5.56 Å². The number of rotatable bonds is 1. The Balaban J connectivity index is 2.53. The molecule has 0 heterocycles. The van der Waals surface area contributed by atoms with Gasteiger partial charge in [-0.15, -0.1) is 0 Å². The van der Waals surface area contributed by atoms with Gasteiger partial charge >= 0.3 is 0 Å². The zero-order valence-electron chi connectivity index (χ0n) is 10.0. The van der Waals surface area contributed by atoms with Gasteiger partial charge in [-0.2, -0.15) is 0 Å². The maximum Gasteiger partial charge on any atom is 0.205 e. The van der Waals surface area contributed by atoms with Gasteiger partial charge in [-0.05, 0) is 39.8 Å². The lowest BCUT2D eigenvalue weighted by Crippen LogP contribution is -2.02. The van der Waals surface area contributed by atoms with Gasteiger partial charge in [0, 0.05) is 5.56 Å². The summed E-state index contributed by atoms with van der Waals surface area (Å²) in [5.41, 5.74) is 1.05. The van der Waals surface area contributed by atoms with Gasteiger partial charge in [-0.1, -0.05) is 48.5 Å². The molecular weight excluding hydrogens is 256 g/mol. The average Bonchev–Trinajstić information content (AvgIpc) is 2.44. The van der Waals surface area contributed by atoms with E-state index in [1.165, 1.54) is 10.8 Å². The van der Waals surface area contributed by atoms with Crippen molar-refractivity contribution in [3.05, 3.63) is 60.2 Å². The Kier molecular flexibility index (Phi) is 2.86. The quantitative estimate of drug-likeness (QED) is 0.381. The summed E-state index contributed by atoms with van der Waals surface area (Å²) in [7, 11) is 0.618. The molecule has 0 aliphatic carbocycles. The lowest BCUT2D eigenvalue weighted by atomic mass is 9.97. The van der Waals surface area contributed by atoms with Crippen LogP contribution in [0.4, 0.5) is 0 Å². The van der Waals surface area contributed by atoms with Crippen LogP contribution in [-0.2, 0) is 4.43 Å². The molecule has 0 fully saturated rings. The van der Waals surface area contributed by atoms with Gasteiger partial charge in [0.2, 0.25) is 10.5 Å². The van der Waals surface area contributed by atoms with Gasteiger partial charge in [0.1, 0.15) is 0 Å². The van der Waals surface area contributed by atoms with Crippen molar-refractivity contribution >= 4 is 49.3 Å². The number of fused-ring (bicyclic) bond motifs is 2. The van der Waals surface area contributed by atoms with Gasteiger partial charge in [0.05, 0.1) is 0 Å². The average molecular weight is 268 g/mol. The normalized spacial score (nSPS) is 10.9. The van der Waals surface area contributed by atoms with E-state index in [2.05, 4.69) is 30.3 Å². The lowest BCUT2D eigenvalue weighted by molar-refractivity contribution is 0.633. The number of benzene rings is 3. The summed E-state index contributed by atoms with van der Waals surface area (Å²) in [6, 6.07) is 18.8. The van der Waals surface area contributed by atoms with Crippen LogP contribution in [0.5, 0.6) is 0 Å². The maximum absolute atomic E-state index is 5.42. The third-order valence-electron chi connectivity index (χ3n) is 3.16. The second kappa shape index (κ2) is 4.52. The van der Waals surface area contributed by atoms with Gasteiger partial charge in [0.15, 0.2) is 5.05 Å². The van der Waals surface area contributed by atoms with Crippen molar-refractivity contribution in [3.63, 3.8) is 0 Å². The molecule has 0 saturated carbocycles. The second-order valence-electron chi connectivity index (χ2n) is 4.19. The third kappa shape index (κ3) is 1.72. The molecule has 0 unspecified atom stereocenters. The highest BCUT2D eigenvalue weighted by Gasteiger charge is 2.11. The summed E-state index contributed by atoms with van der Waals surface area (Å²) in [4.78, 5) is 0. The van der Waals surface area contributed by atoms with E-state index in [1.54, 1.807) is 0 Å². The van der Waals surface area contributed by atoms with Crippen molar-refractivity contribution in [1.29, 1.82) is 0 Å². The third-order valence-corrected chi connectivity index (χ3v) is 4.24. The second-order valence-corrected chi connectivity index (χ2v) is 4.96. The van der Waals surface area contributed by atoms with Crippen molar-refractivity contribution < 1.29 is 4.43 Å². The van der Waals surface area contributed by atoms with Crippen LogP contribution in [0.15, 0.2) is 54.6 Å². The molecule has 0 aromatic heterocycles. The lowest BCUT2D eigenvalue weighted by Gasteiger charge is -2.11. The standard InChI is InChI=1S/C15H12OSSi/c17-15(16-18)14-12-7-3-1-5-10(12)9-11-6-2-4-8-13(11)14/h1-9H,18H3. The Morgan fingerprint density at radius 2 is 1.39 bits per heavy atom. The molecule has 0 aliphatic heterocycles. The highest BCUT2D eigenvalue weighted by Crippen LogP contribution is 2.29. The smallest absolute Gasteiger partial charge is 0.205 e. The summed E-state index contributed by atoms with van der Waals surface area (Å²) in [5, 5.41) is 5.34. The molecule has 0 spiro atoms. The first-order valence-corrected chi connectivity index (χ1v) is 7.02. The van der Waals surface area contributed by atoms with Gasteiger partial charge in [-0.25, -0.2) is 0 Å². The summed E-state index contributed by atoms with van der Waals surface area (Å²) in [5.74, 6) is 0. The molecule has 0 radical (unpaired) electrons. The Morgan fingerprint density at radius 3 is 1.89 bits per heavy atom. The minimum absolute atomic E-state index is 0.606. The van der Waals surface area contributed by atoms with Crippen LogP contribution in [0, 0.1) is 0 Å². The fourth-order valence-corrected chi connectivity index (χ4v) is 2.76. The number of hydrogen-bond donors (Lipinski definition) is 0. The van der Waals surface area contributed by atoms with Crippen molar-refractivity contribution in [2.45, 2.75) is 0 Å². The van der Waals surface area contributed by atoms with E-state index in [-0.39, 0.29) is 0 Å². The molecule has 88 valence electrons. The highest BCUT2D eigenvalue weighted by atomic mass is 32.1. The summed E-state index contributed by atoms with van der Waals surface area (Å²) >= 11 is 5.39. The summed E-state index contributed by atoms with van der Waals surface area (Å²) in [6.07, 6.45) is 0. The minimum atomic E-state index is 0.606. The van der Waals surface area contributed by atoms with E-state index in [0.717, 1.165) is 16.3 Å². The van der Waals surface area contributed by atoms with Gasteiger partial charge < -0.3 is 4.43 Å². The predicted octanol–water partition coefficient (Wildman–Crippen LogP) is 2.97. The first-order valence-electron chi connectivity index (χ1n) is 5.80. The fraction of sp³-hybridized carbons (Fsp3) is 0. The molecule has 0 aliphatic rings. The van der Waals surface area contributed by atoms with Crippen LogP contribution in [0.3, 0.4) is 0 Å². The van der Waals surface area contributed by atoms with Crippen molar-refractivity contribution in [1.82, 2.24) is 0 Å². The molecule has 1 nitrogen and oxygen atoms in total. The van der Waals surface area contributed by atoms with E-state index in [1.807, 2.05) is 24.3 Å².